The Hall–Kier alpha value is -1.40. The van der Waals surface area contributed by atoms with E-state index in [2.05, 4.69) is 17.6 Å². The van der Waals surface area contributed by atoms with Crippen molar-refractivity contribution in [3.63, 3.8) is 0 Å². The highest BCUT2D eigenvalue weighted by molar-refractivity contribution is 7.91. The maximum absolute atomic E-state index is 12.2. The first kappa shape index (κ1) is 16.5. The largest absolute Gasteiger partial charge is 0.326 e. The van der Waals surface area contributed by atoms with E-state index in [1.165, 1.54) is 12.8 Å². The molecule has 0 bridgehead atoms. The van der Waals surface area contributed by atoms with E-state index in [0.29, 0.717) is 35.3 Å². The van der Waals surface area contributed by atoms with Gasteiger partial charge in [0.25, 0.3) is 0 Å². The molecule has 1 saturated heterocycles. The predicted molar refractivity (Wildman–Crippen MR) is 90.2 cm³/mol. The van der Waals surface area contributed by atoms with Gasteiger partial charge in [-0.2, -0.15) is 0 Å². The fourth-order valence-corrected chi connectivity index (χ4v) is 5.10. The Kier molecular flexibility index (Phi) is 4.73. The molecule has 1 fully saturated rings. The van der Waals surface area contributed by atoms with Crippen LogP contribution in [-0.4, -0.2) is 33.2 Å². The number of carbonyl (C=O) groups is 1. The lowest BCUT2D eigenvalue weighted by atomic mass is 9.85. The third-order valence-electron chi connectivity index (χ3n) is 4.97. The molecule has 23 heavy (non-hydrogen) atoms. The van der Waals surface area contributed by atoms with Crippen molar-refractivity contribution in [1.29, 1.82) is 0 Å². The number of fused-ring (bicyclic) bond motifs is 1. The summed E-state index contributed by atoms with van der Waals surface area (Å²) in [5, 5.41) is 6.23. The Balaban J connectivity index is 1.62. The number of carbonyl (C=O) groups excluding carboxylic acids is 1. The summed E-state index contributed by atoms with van der Waals surface area (Å²) >= 11 is 0. The second kappa shape index (κ2) is 6.61. The molecule has 2 N–H and O–H groups in total. The van der Waals surface area contributed by atoms with Gasteiger partial charge in [-0.15, -0.1) is 0 Å². The molecule has 3 rings (SSSR count). The Bertz CT molecular complexity index is 694. The van der Waals surface area contributed by atoms with Crippen LogP contribution >= 0.6 is 0 Å². The Morgan fingerprint density at radius 3 is 3.00 bits per heavy atom. The molecule has 5 nitrogen and oxygen atoms in total. The molecule has 6 heteroatoms. The fraction of sp³-hybridized carbons (Fsp3) is 0.588. The van der Waals surface area contributed by atoms with Gasteiger partial charge in [-0.3, -0.25) is 4.79 Å². The van der Waals surface area contributed by atoms with Crippen molar-refractivity contribution in [3.05, 3.63) is 23.8 Å². The molecule has 126 valence electrons. The van der Waals surface area contributed by atoms with Crippen LogP contribution in [-0.2, 0) is 21.1 Å². The van der Waals surface area contributed by atoms with Crippen LogP contribution in [0.3, 0.4) is 0 Å². The van der Waals surface area contributed by atoms with Crippen LogP contribution in [0.2, 0.25) is 0 Å². The Morgan fingerprint density at radius 1 is 1.43 bits per heavy atom. The average Bonchev–Trinajstić information content (AvgIpc) is 2.83. The highest BCUT2D eigenvalue weighted by Crippen LogP contribution is 2.29. The lowest BCUT2D eigenvalue weighted by Gasteiger charge is -2.28. The number of hydrogen-bond acceptors (Lipinski definition) is 4. The van der Waals surface area contributed by atoms with Crippen molar-refractivity contribution in [2.24, 2.45) is 11.8 Å². The molecule has 0 spiro atoms. The molecule has 1 amide bonds. The van der Waals surface area contributed by atoms with Gasteiger partial charge >= 0.3 is 0 Å². The van der Waals surface area contributed by atoms with E-state index in [0.717, 1.165) is 18.7 Å². The summed E-state index contributed by atoms with van der Waals surface area (Å²) in [5.41, 5.74) is 1.43. The number of benzene rings is 1. The molecule has 0 aliphatic carbocycles. The fourth-order valence-electron chi connectivity index (χ4n) is 3.52. The molecular weight excluding hydrogens is 312 g/mol. The van der Waals surface area contributed by atoms with Gasteiger partial charge in [-0.25, -0.2) is 8.42 Å². The van der Waals surface area contributed by atoms with E-state index in [4.69, 9.17) is 0 Å². The SMILES string of the molecule is CC(CC(=O)Nc1ccc2c(c1)S(=O)(=O)CC2)C1CCCNC1. The van der Waals surface area contributed by atoms with Crippen molar-refractivity contribution in [2.45, 2.75) is 37.5 Å². The number of nitrogens with one attached hydrogen (secondary N) is 2. The number of amides is 1. The number of sulfone groups is 1. The molecular formula is C17H24N2O3S. The lowest BCUT2D eigenvalue weighted by molar-refractivity contribution is -0.117. The summed E-state index contributed by atoms with van der Waals surface area (Å²) in [6.45, 7) is 4.16. The Labute approximate surface area is 137 Å². The van der Waals surface area contributed by atoms with Crippen molar-refractivity contribution >= 4 is 21.4 Å². The van der Waals surface area contributed by atoms with Gasteiger partial charge in [0.1, 0.15) is 0 Å². The van der Waals surface area contributed by atoms with Crippen molar-refractivity contribution in [2.75, 3.05) is 24.2 Å². The molecule has 2 aliphatic heterocycles. The minimum absolute atomic E-state index is 0.0431. The second-order valence-corrected chi connectivity index (χ2v) is 8.80. The summed E-state index contributed by atoms with van der Waals surface area (Å²) in [5.74, 6) is 0.986. The van der Waals surface area contributed by atoms with E-state index < -0.39 is 9.84 Å². The topological polar surface area (TPSA) is 75.3 Å². The van der Waals surface area contributed by atoms with E-state index in [1.807, 2.05) is 6.07 Å². The summed E-state index contributed by atoms with van der Waals surface area (Å²) in [4.78, 5) is 12.6. The number of rotatable bonds is 4. The van der Waals surface area contributed by atoms with Gasteiger partial charge < -0.3 is 10.6 Å². The highest BCUT2D eigenvalue weighted by Gasteiger charge is 2.27. The van der Waals surface area contributed by atoms with Crippen LogP contribution in [0.15, 0.2) is 23.1 Å². The molecule has 0 saturated carbocycles. The lowest BCUT2D eigenvalue weighted by Crippen LogP contribution is -2.34. The first-order chi connectivity index (χ1) is 11.0. The van der Waals surface area contributed by atoms with E-state index in [-0.39, 0.29) is 11.7 Å². The minimum atomic E-state index is -3.16. The molecule has 2 aliphatic rings. The third kappa shape index (κ3) is 3.75. The number of hydrogen-bond donors (Lipinski definition) is 2. The molecule has 2 atom stereocenters. The maximum Gasteiger partial charge on any atom is 0.224 e. The molecule has 0 aromatic heterocycles. The molecule has 2 heterocycles. The van der Waals surface area contributed by atoms with Crippen LogP contribution in [0, 0.1) is 11.8 Å². The summed E-state index contributed by atoms with van der Waals surface area (Å²) < 4.78 is 23.9. The molecule has 0 radical (unpaired) electrons. The number of piperidine rings is 1. The van der Waals surface area contributed by atoms with Gasteiger partial charge in [0, 0.05) is 12.1 Å². The van der Waals surface area contributed by atoms with Gasteiger partial charge in [0.05, 0.1) is 10.6 Å². The van der Waals surface area contributed by atoms with Gasteiger partial charge in [0.2, 0.25) is 5.91 Å². The van der Waals surface area contributed by atoms with Crippen molar-refractivity contribution in [3.8, 4) is 0 Å². The average molecular weight is 336 g/mol. The van der Waals surface area contributed by atoms with Crippen LogP contribution in [0.5, 0.6) is 0 Å². The van der Waals surface area contributed by atoms with Crippen molar-refractivity contribution < 1.29 is 13.2 Å². The monoisotopic (exact) mass is 336 g/mol. The third-order valence-corrected chi connectivity index (χ3v) is 6.76. The maximum atomic E-state index is 12.2. The van der Waals surface area contributed by atoms with Gasteiger partial charge in [-0.1, -0.05) is 13.0 Å². The highest BCUT2D eigenvalue weighted by atomic mass is 32.2. The van der Waals surface area contributed by atoms with Gasteiger partial charge in [-0.05, 0) is 61.9 Å². The van der Waals surface area contributed by atoms with E-state index in [9.17, 15) is 13.2 Å². The smallest absolute Gasteiger partial charge is 0.224 e. The zero-order chi connectivity index (χ0) is 16.4. The second-order valence-electron chi connectivity index (χ2n) is 6.73. The zero-order valence-electron chi connectivity index (χ0n) is 13.5. The predicted octanol–water partition coefficient (Wildman–Crippen LogP) is 1.98. The van der Waals surface area contributed by atoms with Gasteiger partial charge in [0.15, 0.2) is 9.84 Å². The van der Waals surface area contributed by atoms with Crippen LogP contribution < -0.4 is 10.6 Å². The first-order valence-corrected chi connectivity index (χ1v) is 9.97. The summed E-state index contributed by atoms with van der Waals surface area (Å²) in [6.07, 6.45) is 3.37. The quantitative estimate of drug-likeness (QED) is 0.882. The molecule has 2 unspecified atom stereocenters. The normalized spacial score (nSPS) is 24.0. The standard InChI is InChI=1S/C17H24N2O3S/c1-12(14-3-2-7-18-11-14)9-17(20)19-15-5-4-13-6-8-23(21,22)16(13)10-15/h4-5,10,12,14,18H,2-3,6-9,11H2,1H3,(H,19,20). The van der Waals surface area contributed by atoms with Crippen LogP contribution in [0.25, 0.3) is 0 Å². The van der Waals surface area contributed by atoms with E-state index in [1.54, 1.807) is 12.1 Å². The van der Waals surface area contributed by atoms with Crippen LogP contribution in [0.1, 0.15) is 31.7 Å². The summed E-state index contributed by atoms with van der Waals surface area (Å²) in [7, 11) is -3.16. The van der Waals surface area contributed by atoms with Crippen molar-refractivity contribution in [1.82, 2.24) is 5.32 Å². The summed E-state index contributed by atoms with van der Waals surface area (Å²) in [6, 6.07) is 5.21. The zero-order valence-corrected chi connectivity index (χ0v) is 14.3. The molecule has 1 aromatic carbocycles. The Morgan fingerprint density at radius 2 is 2.26 bits per heavy atom. The van der Waals surface area contributed by atoms with E-state index >= 15 is 0 Å². The first-order valence-electron chi connectivity index (χ1n) is 8.32. The van der Waals surface area contributed by atoms with Crippen LogP contribution in [0.4, 0.5) is 5.69 Å². The number of aryl methyl sites for hydroxylation is 1. The minimum Gasteiger partial charge on any atom is -0.326 e. The molecule has 1 aromatic rings. The number of anilines is 1.